The molecule has 1 unspecified atom stereocenters. The van der Waals surface area contributed by atoms with Gasteiger partial charge in [0, 0.05) is 30.9 Å². The summed E-state index contributed by atoms with van der Waals surface area (Å²) >= 11 is 0. The number of hydrogen-bond donors (Lipinski definition) is 2. The molecule has 1 aromatic carbocycles. The van der Waals surface area contributed by atoms with Gasteiger partial charge in [0.15, 0.2) is 0 Å². The van der Waals surface area contributed by atoms with Gasteiger partial charge in [-0.05, 0) is 26.0 Å². The lowest BCUT2D eigenvalue weighted by atomic mass is 10.1. The van der Waals surface area contributed by atoms with Crippen molar-refractivity contribution in [2.24, 2.45) is 0 Å². The van der Waals surface area contributed by atoms with Gasteiger partial charge < -0.3 is 15.3 Å². The summed E-state index contributed by atoms with van der Waals surface area (Å²) < 4.78 is 0. The number of para-hydroxylation sites is 1. The molecule has 1 heterocycles. The lowest BCUT2D eigenvalue weighted by molar-refractivity contribution is 0.179. The minimum absolute atomic E-state index is 0.0350. The van der Waals surface area contributed by atoms with Crippen molar-refractivity contribution in [3.05, 3.63) is 30.3 Å². The van der Waals surface area contributed by atoms with Crippen LogP contribution in [0.15, 0.2) is 30.3 Å². The van der Waals surface area contributed by atoms with E-state index in [0.29, 0.717) is 13.1 Å². The molecule has 2 rings (SSSR count). The van der Waals surface area contributed by atoms with Crippen LogP contribution in [0.2, 0.25) is 0 Å². The second-order valence-corrected chi connectivity index (χ2v) is 5.13. The molecule has 0 bridgehead atoms. The number of benzene rings is 1. The second kappa shape index (κ2) is 4.44. The summed E-state index contributed by atoms with van der Waals surface area (Å²) in [4.78, 5) is 2.24. The van der Waals surface area contributed by atoms with Crippen molar-refractivity contribution >= 4 is 5.69 Å². The number of β-amino-alcohol motifs (C(OH)–C–C–N with tert-alkyl or cyclic N) is 1. The molecule has 1 aliphatic rings. The third-order valence-corrected chi connectivity index (χ3v) is 2.95. The van der Waals surface area contributed by atoms with Gasteiger partial charge in [0.1, 0.15) is 0 Å². The minimum Gasteiger partial charge on any atom is -0.390 e. The number of aliphatic hydroxyl groups is 1. The van der Waals surface area contributed by atoms with Crippen molar-refractivity contribution in [1.82, 2.24) is 5.32 Å². The normalized spacial score (nSPS) is 25.2. The summed E-state index contributed by atoms with van der Waals surface area (Å²) in [6.45, 7) is 6.60. The molecular formula is C13H20N2O. The Morgan fingerprint density at radius 3 is 2.69 bits per heavy atom. The fraction of sp³-hybridized carbons (Fsp3) is 0.538. The van der Waals surface area contributed by atoms with Crippen LogP contribution in [0.5, 0.6) is 0 Å². The highest BCUT2D eigenvalue weighted by Crippen LogP contribution is 2.19. The Kier molecular flexibility index (Phi) is 3.17. The molecule has 1 aliphatic heterocycles. The smallest absolute Gasteiger partial charge is 0.0839 e. The van der Waals surface area contributed by atoms with E-state index in [1.807, 2.05) is 18.2 Å². The highest BCUT2D eigenvalue weighted by atomic mass is 16.3. The van der Waals surface area contributed by atoms with Crippen LogP contribution in [0.25, 0.3) is 0 Å². The summed E-state index contributed by atoms with van der Waals surface area (Å²) in [5.74, 6) is 0. The molecule has 0 aliphatic carbocycles. The van der Waals surface area contributed by atoms with Gasteiger partial charge >= 0.3 is 0 Å². The van der Waals surface area contributed by atoms with Crippen molar-refractivity contribution in [1.29, 1.82) is 0 Å². The van der Waals surface area contributed by atoms with Crippen LogP contribution in [-0.4, -0.2) is 36.4 Å². The molecule has 1 atom stereocenters. The first-order valence-electron chi connectivity index (χ1n) is 5.80. The van der Waals surface area contributed by atoms with E-state index in [1.54, 1.807) is 0 Å². The maximum atomic E-state index is 9.85. The molecule has 2 N–H and O–H groups in total. The average molecular weight is 220 g/mol. The van der Waals surface area contributed by atoms with Gasteiger partial charge in [-0.1, -0.05) is 18.2 Å². The Labute approximate surface area is 97.1 Å². The third-order valence-electron chi connectivity index (χ3n) is 2.95. The average Bonchev–Trinajstić information content (AvgIpc) is 2.39. The Bertz CT molecular complexity index is 337. The first-order chi connectivity index (χ1) is 7.57. The Morgan fingerprint density at radius 1 is 1.31 bits per heavy atom. The van der Waals surface area contributed by atoms with Crippen LogP contribution in [0.3, 0.4) is 0 Å². The lowest BCUT2D eigenvalue weighted by Gasteiger charge is -2.31. The minimum atomic E-state index is -0.304. The molecule has 16 heavy (non-hydrogen) atoms. The fourth-order valence-corrected chi connectivity index (χ4v) is 2.15. The van der Waals surface area contributed by atoms with E-state index in [9.17, 15) is 5.11 Å². The van der Waals surface area contributed by atoms with Gasteiger partial charge in [-0.3, -0.25) is 0 Å². The molecule has 0 radical (unpaired) electrons. The van der Waals surface area contributed by atoms with Crippen LogP contribution in [0.4, 0.5) is 5.69 Å². The molecule has 0 spiro atoms. The van der Waals surface area contributed by atoms with E-state index in [2.05, 4.69) is 36.2 Å². The highest BCUT2D eigenvalue weighted by Gasteiger charge is 2.27. The maximum Gasteiger partial charge on any atom is 0.0839 e. The summed E-state index contributed by atoms with van der Waals surface area (Å²) in [5, 5.41) is 13.2. The van der Waals surface area contributed by atoms with Gasteiger partial charge in [0.05, 0.1) is 6.10 Å². The number of nitrogens with one attached hydrogen (secondary N) is 1. The predicted molar refractivity (Wildman–Crippen MR) is 66.7 cm³/mol. The number of rotatable bonds is 1. The number of anilines is 1. The molecule has 0 amide bonds. The Hall–Kier alpha value is -1.06. The van der Waals surface area contributed by atoms with E-state index in [-0.39, 0.29) is 11.6 Å². The second-order valence-electron chi connectivity index (χ2n) is 5.13. The molecule has 0 saturated carbocycles. The monoisotopic (exact) mass is 220 g/mol. The fourth-order valence-electron chi connectivity index (χ4n) is 2.15. The first kappa shape index (κ1) is 11.4. The SMILES string of the molecule is CC1(C)CN(c2ccccc2)CC(O)CN1. The van der Waals surface area contributed by atoms with Crippen molar-refractivity contribution in [2.45, 2.75) is 25.5 Å². The van der Waals surface area contributed by atoms with Crippen molar-refractivity contribution in [3.8, 4) is 0 Å². The molecule has 1 fully saturated rings. The van der Waals surface area contributed by atoms with Crippen LogP contribution in [0, 0.1) is 0 Å². The third kappa shape index (κ3) is 2.74. The van der Waals surface area contributed by atoms with E-state index >= 15 is 0 Å². The zero-order valence-electron chi connectivity index (χ0n) is 9.98. The molecule has 1 saturated heterocycles. The van der Waals surface area contributed by atoms with Crippen molar-refractivity contribution in [2.75, 3.05) is 24.5 Å². The van der Waals surface area contributed by atoms with Crippen molar-refractivity contribution in [3.63, 3.8) is 0 Å². The quantitative estimate of drug-likeness (QED) is 0.747. The Morgan fingerprint density at radius 2 is 2.00 bits per heavy atom. The summed E-state index contributed by atoms with van der Waals surface area (Å²) in [5.41, 5.74) is 1.21. The summed E-state index contributed by atoms with van der Waals surface area (Å²) in [6, 6.07) is 10.3. The van der Waals surface area contributed by atoms with Gasteiger partial charge in [-0.25, -0.2) is 0 Å². The van der Waals surface area contributed by atoms with E-state index < -0.39 is 0 Å². The highest BCUT2D eigenvalue weighted by molar-refractivity contribution is 5.46. The van der Waals surface area contributed by atoms with Gasteiger partial charge in [0.2, 0.25) is 0 Å². The molecule has 0 aromatic heterocycles. The van der Waals surface area contributed by atoms with E-state index in [4.69, 9.17) is 0 Å². The topological polar surface area (TPSA) is 35.5 Å². The maximum absolute atomic E-state index is 9.85. The first-order valence-corrected chi connectivity index (χ1v) is 5.80. The van der Waals surface area contributed by atoms with Crippen LogP contribution in [-0.2, 0) is 0 Å². The zero-order chi connectivity index (χ0) is 11.6. The lowest BCUT2D eigenvalue weighted by Crippen LogP contribution is -2.46. The number of aliphatic hydroxyl groups excluding tert-OH is 1. The molecule has 1 aromatic rings. The van der Waals surface area contributed by atoms with Crippen LogP contribution in [0.1, 0.15) is 13.8 Å². The largest absolute Gasteiger partial charge is 0.390 e. The van der Waals surface area contributed by atoms with E-state index in [0.717, 1.165) is 6.54 Å². The number of nitrogens with zero attached hydrogens (tertiary/aromatic N) is 1. The predicted octanol–water partition coefficient (Wildman–Crippen LogP) is 1.24. The molecule has 3 heteroatoms. The van der Waals surface area contributed by atoms with Crippen LogP contribution >= 0.6 is 0 Å². The number of hydrogen-bond acceptors (Lipinski definition) is 3. The molecule has 88 valence electrons. The van der Waals surface area contributed by atoms with Crippen LogP contribution < -0.4 is 10.2 Å². The molecule has 3 nitrogen and oxygen atoms in total. The van der Waals surface area contributed by atoms with Gasteiger partial charge in [-0.2, -0.15) is 0 Å². The van der Waals surface area contributed by atoms with Gasteiger partial charge in [0.25, 0.3) is 0 Å². The molecular weight excluding hydrogens is 200 g/mol. The standard InChI is InChI=1S/C13H20N2O/c1-13(2)10-15(9-12(16)8-14-13)11-6-4-3-5-7-11/h3-7,12,14,16H,8-10H2,1-2H3. The summed E-state index contributed by atoms with van der Waals surface area (Å²) in [6.07, 6.45) is -0.304. The Balaban J connectivity index is 2.19. The summed E-state index contributed by atoms with van der Waals surface area (Å²) in [7, 11) is 0. The van der Waals surface area contributed by atoms with Crippen molar-refractivity contribution < 1.29 is 5.11 Å². The van der Waals surface area contributed by atoms with E-state index in [1.165, 1.54) is 5.69 Å². The van der Waals surface area contributed by atoms with Gasteiger partial charge in [-0.15, -0.1) is 0 Å². The zero-order valence-corrected chi connectivity index (χ0v) is 9.98.